The minimum Gasteiger partial charge on any atom is -0.430 e. The molecular formula is C15H10BrFO4. The van der Waals surface area contributed by atoms with Crippen LogP contribution in [0.2, 0.25) is 0 Å². The van der Waals surface area contributed by atoms with Crippen molar-refractivity contribution in [3.63, 3.8) is 0 Å². The Kier molecular flexibility index (Phi) is 4.47. The largest absolute Gasteiger partial charge is 0.430 e. The summed E-state index contributed by atoms with van der Waals surface area (Å²) in [7, 11) is 0. The molecule has 1 aromatic carbocycles. The van der Waals surface area contributed by atoms with Gasteiger partial charge < -0.3 is 4.74 Å². The highest BCUT2D eigenvalue weighted by atomic mass is 79.9. The first kappa shape index (κ1) is 15.3. The fourth-order valence-corrected chi connectivity index (χ4v) is 2.19. The van der Waals surface area contributed by atoms with E-state index in [4.69, 9.17) is 4.74 Å². The van der Waals surface area contributed by atoms with Gasteiger partial charge in [-0.2, -0.15) is 0 Å². The molecule has 0 aromatic heterocycles. The van der Waals surface area contributed by atoms with E-state index in [0.29, 0.717) is 5.56 Å². The van der Waals surface area contributed by atoms with Crippen LogP contribution in [0.5, 0.6) is 0 Å². The number of ketones is 2. The average Bonchev–Trinajstić information content (AvgIpc) is 2.39. The van der Waals surface area contributed by atoms with Crippen LogP contribution in [0.1, 0.15) is 12.5 Å². The van der Waals surface area contributed by atoms with Crippen molar-refractivity contribution in [3.8, 4) is 0 Å². The molecule has 2 rings (SSSR count). The molecule has 1 unspecified atom stereocenters. The summed E-state index contributed by atoms with van der Waals surface area (Å²) < 4.78 is 18.1. The summed E-state index contributed by atoms with van der Waals surface area (Å²) >= 11 is 3.03. The number of carbonyl (C=O) groups excluding carboxylic acids is 3. The van der Waals surface area contributed by atoms with Crippen molar-refractivity contribution in [2.75, 3.05) is 0 Å². The number of allylic oxidation sites excluding steroid dienone is 3. The smallest absolute Gasteiger partial charge is 0.329 e. The standard InChI is InChI=1S/C15H10BrFO4/c1-8-6-13(19)14(15(20)21-8)12(18)5-3-9-2-4-11(17)10(16)7-9/h2-7,14H,1H3/b5-3+. The van der Waals surface area contributed by atoms with Gasteiger partial charge in [-0.1, -0.05) is 12.1 Å². The molecule has 0 bridgehead atoms. The average molecular weight is 353 g/mol. The van der Waals surface area contributed by atoms with E-state index in [9.17, 15) is 18.8 Å². The van der Waals surface area contributed by atoms with Gasteiger partial charge in [0.15, 0.2) is 17.5 Å². The van der Waals surface area contributed by atoms with Gasteiger partial charge in [0, 0.05) is 6.08 Å². The molecule has 1 heterocycles. The lowest BCUT2D eigenvalue weighted by Gasteiger charge is -2.15. The van der Waals surface area contributed by atoms with Crippen molar-refractivity contribution in [1.29, 1.82) is 0 Å². The molecule has 1 aliphatic heterocycles. The minimum atomic E-state index is -1.46. The highest BCUT2D eigenvalue weighted by Crippen LogP contribution is 2.19. The second-order valence-corrected chi connectivity index (χ2v) is 5.28. The van der Waals surface area contributed by atoms with Crippen molar-refractivity contribution >= 4 is 39.5 Å². The summed E-state index contributed by atoms with van der Waals surface area (Å²) in [5.74, 6) is -3.87. The number of carbonyl (C=O) groups is 3. The van der Waals surface area contributed by atoms with Crippen molar-refractivity contribution in [2.24, 2.45) is 5.92 Å². The fourth-order valence-electron chi connectivity index (χ4n) is 1.79. The van der Waals surface area contributed by atoms with E-state index in [1.807, 2.05) is 0 Å². The van der Waals surface area contributed by atoms with Crippen LogP contribution >= 0.6 is 15.9 Å². The van der Waals surface area contributed by atoms with Crippen molar-refractivity contribution in [2.45, 2.75) is 6.92 Å². The second-order valence-electron chi connectivity index (χ2n) is 4.42. The molecule has 0 N–H and O–H groups in total. The van der Waals surface area contributed by atoms with E-state index in [1.165, 1.54) is 31.2 Å². The molecule has 0 saturated heterocycles. The van der Waals surface area contributed by atoms with Gasteiger partial charge in [0.25, 0.3) is 0 Å². The third kappa shape index (κ3) is 3.52. The van der Waals surface area contributed by atoms with E-state index in [0.717, 1.165) is 12.2 Å². The number of benzene rings is 1. The monoisotopic (exact) mass is 352 g/mol. The number of rotatable bonds is 3. The SMILES string of the molecule is CC1=CC(=O)C(C(=O)/C=C/c2ccc(F)c(Br)c2)C(=O)O1. The number of ether oxygens (including phenoxy) is 1. The molecule has 4 nitrogen and oxygen atoms in total. The third-order valence-electron chi connectivity index (χ3n) is 2.80. The van der Waals surface area contributed by atoms with Gasteiger partial charge in [0.1, 0.15) is 11.6 Å². The van der Waals surface area contributed by atoms with Crippen LogP contribution in [0.15, 0.2) is 40.6 Å². The molecule has 0 spiro atoms. The molecule has 21 heavy (non-hydrogen) atoms. The highest BCUT2D eigenvalue weighted by molar-refractivity contribution is 9.10. The lowest BCUT2D eigenvalue weighted by Crippen LogP contribution is -2.34. The number of halogens is 2. The van der Waals surface area contributed by atoms with Gasteiger partial charge in [-0.25, -0.2) is 4.39 Å². The summed E-state index contributed by atoms with van der Waals surface area (Å²) in [5.41, 5.74) is 0.556. The van der Waals surface area contributed by atoms with Crippen LogP contribution in [-0.2, 0) is 19.1 Å². The van der Waals surface area contributed by atoms with Crippen LogP contribution in [0.25, 0.3) is 6.08 Å². The number of cyclic esters (lactones) is 1. The summed E-state index contributed by atoms with van der Waals surface area (Å²) in [6, 6.07) is 4.18. The van der Waals surface area contributed by atoms with Crippen LogP contribution in [0.4, 0.5) is 4.39 Å². The summed E-state index contributed by atoms with van der Waals surface area (Å²) in [6.07, 6.45) is 3.63. The van der Waals surface area contributed by atoms with Crippen LogP contribution in [0, 0.1) is 11.7 Å². The zero-order valence-electron chi connectivity index (χ0n) is 10.9. The molecule has 1 aliphatic rings. The molecule has 1 aromatic rings. The van der Waals surface area contributed by atoms with Gasteiger partial charge in [-0.15, -0.1) is 0 Å². The Morgan fingerprint density at radius 2 is 2.10 bits per heavy atom. The lowest BCUT2D eigenvalue weighted by molar-refractivity contribution is -0.151. The Balaban J connectivity index is 2.17. The van der Waals surface area contributed by atoms with E-state index >= 15 is 0 Å². The zero-order chi connectivity index (χ0) is 15.6. The molecular weight excluding hydrogens is 343 g/mol. The van der Waals surface area contributed by atoms with Crippen molar-refractivity contribution in [1.82, 2.24) is 0 Å². The molecule has 0 fully saturated rings. The van der Waals surface area contributed by atoms with Crippen LogP contribution < -0.4 is 0 Å². The Morgan fingerprint density at radius 3 is 2.71 bits per heavy atom. The Labute approximate surface area is 128 Å². The lowest BCUT2D eigenvalue weighted by atomic mass is 9.96. The topological polar surface area (TPSA) is 60.4 Å². The van der Waals surface area contributed by atoms with Crippen LogP contribution in [-0.4, -0.2) is 17.5 Å². The molecule has 0 amide bonds. The first-order valence-corrected chi connectivity index (χ1v) is 6.78. The van der Waals surface area contributed by atoms with Gasteiger partial charge >= 0.3 is 5.97 Å². The molecule has 0 radical (unpaired) electrons. The summed E-state index contributed by atoms with van der Waals surface area (Å²) in [6.45, 7) is 1.46. The Hall–Kier alpha value is -2.08. The molecule has 0 saturated carbocycles. The van der Waals surface area contributed by atoms with E-state index in [-0.39, 0.29) is 10.2 Å². The molecule has 1 atom stereocenters. The molecule has 108 valence electrons. The maximum atomic E-state index is 13.1. The number of hydrogen-bond acceptors (Lipinski definition) is 4. The van der Waals surface area contributed by atoms with Gasteiger partial charge in [0.2, 0.25) is 0 Å². The Morgan fingerprint density at radius 1 is 1.38 bits per heavy atom. The maximum absolute atomic E-state index is 13.1. The van der Waals surface area contributed by atoms with Gasteiger partial charge in [-0.3, -0.25) is 14.4 Å². The number of hydrogen-bond donors (Lipinski definition) is 0. The quantitative estimate of drug-likeness (QED) is 0.476. The molecule has 0 aliphatic carbocycles. The Bertz CT molecular complexity index is 691. The maximum Gasteiger partial charge on any atom is 0.329 e. The van der Waals surface area contributed by atoms with Gasteiger partial charge in [-0.05, 0) is 46.6 Å². The normalized spacial score (nSPS) is 18.6. The first-order valence-electron chi connectivity index (χ1n) is 5.99. The second kappa shape index (κ2) is 6.13. The van der Waals surface area contributed by atoms with Crippen molar-refractivity contribution < 1.29 is 23.5 Å². The minimum absolute atomic E-state index is 0.167. The van der Waals surface area contributed by atoms with E-state index < -0.39 is 29.3 Å². The molecule has 6 heteroatoms. The fraction of sp³-hybridized carbons (Fsp3) is 0.133. The van der Waals surface area contributed by atoms with Crippen LogP contribution in [0.3, 0.4) is 0 Å². The first-order chi connectivity index (χ1) is 9.88. The third-order valence-corrected chi connectivity index (χ3v) is 3.40. The number of esters is 1. The highest BCUT2D eigenvalue weighted by Gasteiger charge is 2.36. The predicted octanol–water partition coefficient (Wildman–Crippen LogP) is 2.82. The predicted molar refractivity (Wildman–Crippen MR) is 76.5 cm³/mol. The van der Waals surface area contributed by atoms with E-state index in [2.05, 4.69) is 15.9 Å². The summed E-state index contributed by atoms with van der Waals surface area (Å²) in [4.78, 5) is 35.2. The van der Waals surface area contributed by atoms with Crippen molar-refractivity contribution in [3.05, 3.63) is 52.0 Å². The summed E-state index contributed by atoms with van der Waals surface area (Å²) in [5, 5.41) is 0. The zero-order valence-corrected chi connectivity index (χ0v) is 12.5. The van der Waals surface area contributed by atoms with E-state index in [1.54, 1.807) is 0 Å². The van der Waals surface area contributed by atoms with Gasteiger partial charge in [0.05, 0.1) is 4.47 Å².